The lowest BCUT2D eigenvalue weighted by molar-refractivity contribution is -0.129. The second kappa shape index (κ2) is 8.29. The molecular formula is C20H24N2O2. The standard InChI is InChI=1S/C20H24N2O2/c1-15-11-16(2)13-19(12-15)21-20(24)9-10-22(17(3)23)14-18-7-5-4-6-8-18/h4-8,11-13H,9-10,14H2,1-3H3,(H,21,24). The molecule has 4 heteroatoms. The third kappa shape index (κ3) is 5.54. The number of hydrogen-bond donors (Lipinski definition) is 1. The summed E-state index contributed by atoms with van der Waals surface area (Å²) in [5, 5.41) is 2.90. The molecule has 0 spiro atoms. The van der Waals surface area contributed by atoms with Gasteiger partial charge in [0.05, 0.1) is 0 Å². The van der Waals surface area contributed by atoms with Crippen LogP contribution in [-0.2, 0) is 16.1 Å². The van der Waals surface area contributed by atoms with Crippen molar-refractivity contribution in [1.29, 1.82) is 0 Å². The van der Waals surface area contributed by atoms with Gasteiger partial charge in [-0.25, -0.2) is 0 Å². The Bertz CT molecular complexity index is 691. The van der Waals surface area contributed by atoms with Crippen LogP contribution in [0.15, 0.2) is 48.5 Å². The number of rotatable bonds is 6. The van der Waals surface area contributed by atoms with Gasteiger partial charge in [0.15, 0.2) is 0 Å². The van der Waals surface area contributed by atoms with Crippen LogP contribution < -0.4 is 5.32 Å². The smallest absolute Gasteiger partial charge is 0.226 e. The van der Waals surface area contributed by atoms with Gasteiger partial charge in [-0.05, 0) is 42.7 Å². The van der Waals surface area contributed by atoms with E-state index >= 15 is 0 Å². The highest BCUT2D eigenvalue weighted by molar-refractivity contribution is 5.91. The van der Waals surface area contributed by atoms with Gasteiger partial charge in [0, 0.05) is 32.1 Å². The van der Waals surface area contributed by atoms with Crippen LogP contribution in [0.3, 0.4) is 0 Å². The fourth-order valence-electron chi connectivity index (χ4n) is 2.66. The molecule has 2 aromatic carbocycles. The van der Waals surface area contributed by atoms with Crippen LogP contribution >= 0.6 is 0 Å². The van der Waals surface area contributed by atoms with Gasteiger partial charge in [-0.15, -0.1) is 0 Å². The number of carbonyl (C=O) groups is 2. The Morgan fingerprint density at radius 2 is 1.62 bits per heavy atom. The zero-order valence-electron chi connectivity index (χ0n) is 14.5. The Kier molecular flexibility index (Phi) is 6.13. The zero-order valence-corrected chi connectivity index (χ0v) is 14.5. The molecule has 0 bridgehead atoms. The molecule has 2 amide bonds. The number of hydrogen-bond acceptors (Lipinski definition) is 2. The van der Waals surface area contributed by atoms with Crippen molar-refractivity contribution < 1.29 is 9.59 Å². The van der Waals surface area contributed by atoms with Crippen molar-refractivity contribution in [3.63, 3.8) is 0 Å². The topological polar surface area (TPSA) is 49.4 Å². The van der Waals surface area contributed by atoms with Crippen molar-refractivity contribution in [2.75, 3.05) is 11.9 Å². The average Bonchev–Trinajstić information content (AvgIpc) is 2.51. The van der Waals surface area contributed by atoms with Gasteiger partial charge in [0.1, 0.15) is 0 Å². The lowest BCUT2D eigenvalue weighted by Crippen LogP contribution is -2.31. The Morgan fingerprint density at radius 3 is 2.21 bits per heavy atom. The first-order valence-corrected chi connectivity index (χ1v) is 8.11. The summed E-state index contributed by atoms with van der Waals surface area (Å²) < 4.78 is 0. The summed E-state index contributed by atoms with van der Waals surface area (Å²) in [5.41, 5.74) is 4.08. The van der Waals surface area contributed by atoms with Gasteiger partial charge in [-0.1, -0.05) is 36.4 Å². The average molecular weight is 324 g/mol. The van der Waals surface area contributed by atoms with Crippen LogP contribution in [0.2, 0.25) is 0 Å². The molecule has 0 heterocycles. The summed E-state index contributed by atoms with van der Waals surface area (Å²) in [5.74, 6) is -0.114. The number of anilines is 1. The van der Waals surface area contributed by atoms with E-state index in [9.17, 15) is 9.59 Å². The first-order chi connectivity index (χ1) is 11.4. The van der Waals surface area contributed by atoms with Gasteiger partial charge in [0.25, 0.3) is 0 Å². The largest absolute Gasteiger partial charge is 0.338 e. The van der Waals surface area contributed by atoms with Crippen molar-refractivity contribution in [3.8, 4) is 0 Å². The molecule has 0 saturated heterocycles. The first-order valence-electron chi connectivity index (χ1n) is 8.11. The van der Waals surface area contributed by atoms with E-state index < -0.39 is 0 Å². The van der Waals surface area contributed by atoms with E-state index in [-0.39, 0.29) is 18.2 Å². The number of nitrogens with zero attached hydrogens (tertiary/aromatic N) is 1. The van der Waals surface area contributed by atoms with Gasteiger partial charge >= 0.3 is 0 Å². The molecule has 4 nitrogen and oxygen atoms in total. The summed E-state index contributed by atoms with van der Waals surface area (Å²) in [7, 11) is 0. The highest BCUT2D eigenvalue weighted by Crippen LogP contribution is 2.14. The van der Waals surface area contributed by atoms with Gasteiger partial charge in [-0.3, -0.25) is 9.59 Å². The normalized spacial score (nSPS) is 10.3. The highest BCUT2D eigenvalue weighted by Gasteiger charge is 2.12. The summed E-state index contributed by atoms with van der Waals surface area (Å²) >= 11 is 0. The molecule has 2 aromatic rings. The van der Waals surface area contributed by atoms with E-state index in [1.54, 1.807) is 4.90 Å². The Morgan fingerprint density at radius 1 is 1.00 bits per heavy atom. The zero-order chi connectivity index (χ0) is 17.5. The third-order valence-corrected chi connectivity index (χ3v) is 3.78. The lowest BCUT2D eigenvalue weighted by Gasteiger charge is -2.21. The van der Waals surface area contributed by atoms with Crippen molar-refractivity contribution in [2.24, 2.45) is 0 Å². The quantitative estimate of drug-likeness (QED) is 0.881. The van der Waals surface area contributed by atoms with E-state index in [2.05, 4.69) is 11.4 Å². The number of carbonyl (C=O) groups excluding carboxylic acids is 2. The fourth-order valence-corrected chi connectivity index (χ4v) is 2.66. The molecule has 0 aromatic heterocycles. The van der Waals surface area contributed by atoms with Crippen LogP contribution in [0.25, 0.3) is 0 Å². The van der Waals surface area contributed by atoms with Crippen molar-refractivity contribution >= 4 is 17.5 Å². The molecule has 0 unspecified atom stereocenters. The lowest BCUT2D eigenvalue weighted by atomic mass is 10.1. The molecule has 126 valence electrons. The molecule has 2 rings (SSSR count). The molecule has 0 aliphatic heterocycles. The first kappa shape index (κ1) is 17.7. The van der Waals surface area contributed by atoms with E-state index in [4.69, 9.17) is 0 Å². The molecule has 0 saturated carbocycles. The molecule has 0 aliphatic carbocycles. The van der Waals surface area contributed by atoms with Gasteiger partial charge < -0.3 is 10.2 Å². The summed E-state index contributed by atoms with van der Waals surface area (Å²) in [4.78, 5) is 25.7. The third-order valence-electron chi connectivity index (χ3n) is 3.78. The van der Waals surface area contributed by atoms with E-state index in [1.807, 2.05) is 56.3 Å². The molecule has 1 N–H and O–H groups in total. The highest BCUT2D eigenvalue weighted by atomic mass is 16.2. The van der Waals surface area contributed by atoms with Gasteiger partial charge in [0.2, 0.25) is 11.8 Å². The summed E-state index contributed by atoms with van der Waals surface area (Å²) in [6.45, 7) is 6.46. The molecule has 0 aliphatic rings. The van der Waals surface area contributed by atoms with Crippen LogP contribution in [0.5, 0.6) is 0 Å². The van der Waals surface area contributed by atoms with E-state index in [0.717, 1.165) is 22.4 Å². The van der Waals surface area contributed by atoms with Crippen molar-refractivity contribution in [1.82, 2.24) is 4.90 Å². The maximum Gasteiger partial charge on any atom is 0.226 e. The van der Waals surface area contributed by atoms with E-state index in [1.165, 1.54) is 6.92 Å². The Labute approximate surface area is 143 Å². The molecule has 0 atom stereocenters. The SMILES string of the molecule is CC(=O)N(CCC(=O)Nc1cc(C)cc(C)c1)Cc1ccccc1. The molecule has 24 heavy (non-hydrogen) atoms. The second-order valence-corrected chi connectivity index (χ2v) is 6.10. The Hall–Kier alpha value is -2.62. The molecule has 0 radical (unpaired) electrons. The summed E-state index contributed by atoms with van der Waals surface area (Å²) in [6, 6.07) is 15.7. The Balaban J connectivity index is 1.91. The summed E-state index contributed by atoms with van der Waals surface area (Å²) in [6.07, 6.45) is 0.277. The minimum Gasteiger partial charge on any atom is -0.338 e. The monoisotopic (exact) mass is 324 g/mol. The number of aryl methyl sites for hydroxylation is 2. The second-order valence-electron chi connectivity index (χ2n) is 6.10. The van der Waals surface area contributed by atoms with Crippen LogP contribution in [0, 0.1) is 13.8 Å². The van der Waals surface area contributed by atoms with Gasteiger partial charge in [-0.2, -0.15) is 0 Å². The number of nitrogens with one attached hydrogen (secondary N) is 1. The maximum absolute atomic E-state index is 12.2. The predicted octanol–water partition coefficient (Wildman–Crippen LogP) is 3.68. The predicted molar refractivity (Wildman–Crippen MR) is 96.7 cm³/mol. The fraction of sp³-hybridized carbons (Fsp3) is 0.300. The maximum atomic E-state index is 12.2. The van der Waals surface area contributed by atoms with Crippen LogP contribution in [0.1, 0.15) is 30.0 Å². The van der Waals surface area contributed by atoms with Crippen molar-refractivity contribution in [3.05, 3.63) is 65.2 Å². The number of amides is 2. The van der Waals surface area contributed by atoms with Crippen LogP contribution in [0.4, 0.5) is 5.69 Å². The minimum atomic E-state index is -0.0840. The molecule has 0 fully saturated rings. The number of benzene rings is 2. The van der Waals surface area contributed by atoms with Crippen molar-refractivity contribution in [2.45, 2.75) is 33.7 Å². The molecular weight excluding hydrogens is 300 g/mol. The minimum absolute atomic E-state index is 0.0296. The van der Waals surface area contributed by atoms with E-state index in [0.29, 0.717) is 13.1 Å². The van der Waals surface area contributed by atoms with Crippen LogP contribution in [-0.4, -0.2) is 23.3 Å².